The molecular formula is C14H16N2. The van der Waals surface area contributed by atoms with E-state index in [9.17, 15) is 0 Å². The van der Waals surface area contributed by atoms with Crippen LogP contribution in [0, 0.1) is 13.8 Å². The van der Waals surface area contributed by atoms with Crippen LogP contribution in [0.2, 0.25) is 0 Å². The van der Waals surface area contributed by atoms with Gasteiger partial charge in [-0.2, -0.15) is 0 Å². The molecule has 2 nitrogen and oxygen atoms in total. The highest BCUT2D eigenvalue weighted by Crippen LogP contribution is 2.23. The van der Waals surface area contributed by atoms with Gasteiger partial charge in [0.2, 0.25) is 0 Å². The topological polar surface area (TPSA) is 38.9 Å². The molecule has 2 N–H and O–H groups in total. The number of benzene rings is 1. The van der Waals surface area contributed by atoms with E-state index in [4.69, 9.17) is 5.73 Å². The lowest BCUT2D eigenvalue weighted by Gasteiger charge is -2.07. The standard InChI is InChI=1S/C14H16N2/c1-10-3-6-14(11(2)7-10)12-4-5-13(8-15)16-9-12/h3-7,9H,8,15H2,1-2H3. The Morgan fingerprint density at radius 3 is 2.50 bits per heavy atom. The quantitative estimate of drug-likeness (QED) is 0.831. The van der Waals surface area contributed by atoms with Crippen LogP contribution in [0.5, 0.6) is 0 Å². The molecule has 2 rings (SSSR count). The van der Waals surface area contributed by atoms with E-state index in [0.29, 0.717) is 6.54 Å². The van der Waals surface area contributed by atoms with Gasteiger partial charge in [0.15, 0.2) is 0 Å². The van der Waals surface area contributed by atoms with Gasteiger partial charge in [-0.3, -0.25) is 4.98 Å². The van der Waals surface area contributed by atoms with Crippen LogP contribution in [0.1, 0.15) is 16.8 Å². The smallest absolute Gasteiger partial charge is 0.0539 e. The number of hydrogen-bond acceptors (Lipinski definition) is 2. The Kier molecular flexibility index (Phi) is 3.02. The van der Waals surface area contributed by atoms with Crippen molar-refractivity contribution in [3.8, 4) is 11.1 Å². The molecule has 82 valence electrons. The number of nitrogens with two attached hydrogens (primary N) is 1. The van der Waals surface area contributed by atoms with Crippen molar-refractivity contribution in [1.82, 2.24) is 4.98 Å². The van der Waals surface area contributed by atoms with Gasteiger partial charge in [-0.05, 0) is 31.0 Å². The summed E-state index contributed by atoms with van der Waals surface area (Å²) in [6, 6.07) is 10.5. The first kappa shape index (κ1) is 10.8. The van der Waals surface area contributed by atoms with Crippen molar-refractivity contribution in [2.24, 2.45) is 5.73 Å². The average Bonchev–Trinajstić information content (AvgIpc) is 2.29. The van der Waals surface area contributed by atoms with E-state index >= 15 is 0 Å². The molecule has 0 aliphatic heterocycles. The largest absolute Gasteiger partial charge is 0.325 e. The molecule has 0 spiro atoms. The van der Waals surface area contributed by atoms with Crippen molar-refractivity contribution in [1.29, 1.82) is 0 Å². The molecular weight excluding hydrogens is 196 g/mol. The van der Waals surface area contributed by atoms with Gasteiger partial charge in [0.1, 0.15) is 0 Å². The van der Waals surface area contributed by atoms with Crippen molar-refractivity contribution in [2.75, 3.05) is 0 Å². The van der Waals surface area contributed by atoms with Gasteiger partial charge in [-0.25, -0.2) is 0 Å². The molecule has 0 aliphatic carbocycles. The maximum Gasteiger partial charge on any atom is 0.0539 e. The van der Waals surface area contributed by atoms with E-state index in [1.165, 1.54) is 16.7 Å². The van der Waals surface area contributed by atoms with Crippen LogP contribution in [-0.4, -0.2) is 4.98 Å². The molecule has 2 aromatic rings. The summed E-state index contributed by atoms with van der Waals surface area (Å²) in [4.78, 5) is 4.31. The first-order valence-electron chi connectivity index (χ1n) is 5.43. The first-order valence-corrected chi connectivity index (χ1v) is 5.43. The Morgan fingerprint density at radius 1 is 1.12 bits per heavy atom. The number of aryl methyl sites for hydroxylation is 2. The molecule has 0 saturated heterocycles. The molecule has 1 aromatic carbocycles. The SMILES string of the molecule is Cc1ccc(-c2ccc(CN)nc2)c(C)c1. The predicted molar refractivity (Wildman–Crippen MR) is 67.0 cm³/mol. The fourth-order valence-electron chi connectivity index (χ4n) is 1.84. The third-order valence-electron chi connectivity index (χ3n) is 2.73. The van der Waals surface area contributed by atoms with Gasteiger partial charge >= 0.3 is 0 Å². The van der Waals surface area contributed by atoms with Crippen LogP contribution in [0.15, 0.2) is 36.5 Å². The van der Waals surface area contributed by atoms with E-state index in [-0.39, 0.29) is 0 Å². The van der Waals surface area contributed by atoms with Gasteiger partial charge < -0.3 is 5.73 Å². The van der Waals surface area contributed by atoms with E-state index in [0.717, 1.165) is 11.3 Å². The van der Waals surface area contributed by atoms with E-state index < -0.39 is 0 Å². The Hall–Kier alpha value is -1.67. The summed E-state index contributed by atoms with van der Waals surface area (Å²) in [6.45, 7) is 4.72. The van der Waals surface area contributed by atoms with Crippen LogP contribution in [0.4, 0.5) is 0 Å². The van der Waals surface area contributed by atoms with E-state index in [2.05, 4.69) is 43.1 Å². The van der Waals surface area contributed by atoms with Gasteiger partial charge in [-0.1, -0.05) is 29.8 Å². The Morgan fingerprint density at radius 2 is 1.94 bits per heavy atom. The molecule has 0 amide bonds. The van der Waals surface area contributed by atoms with Crippen molar-refractivity contribution < 1.29 is 0 Å². The second-order valence-electron chi connectivity index (χ2n) is 4.06. The monoisotopic (exact) mass is 212 g/mol. The number of hydrogen-bond donors (Lipinski definition) is 1. The normalized spacial score (nSPS) is 10.4. The predicted octanol–water partition coefficient (Wildman–Crippen LogP) is 2.82. The molecule has 0 atom stereocenters. The zero-order chi connectivity index (χ0) is 11.5. The summed E-state index contributed by atoms with van der Waals surface area (Å²) in [5.74, 6) is 0. The van der Waals surface area contributed by atoms with Crippen molar-refractivity contribution in [2.45, 2.75) is 20.4 Å². The fourth-order valence-corrected chi connectivity index (χ4v) is 1.84. The molecule has 16 heavy (non-hydrogen) atoms. The minimum absolute atomic E-state index is 0.493. The van der Waals surface area contributed by atoms with Gasteiger partial charge in [0, 0.05) is 18.3 Å². The summed E-state index contributed by atoms with van der Waals surface area (Å²) in [7, 11) is 0. The number of rotatable bonds is 2. The summed E-state index contributed by atoms with van der Waals surface area (Å²) >= 11 is 0. The number of pyridine rings is 1. The highest BCUT2D eigenvalue weighted by molar-refractivity contribution is 5.66. The van der Waals surface area contributed by atoms with Crippen LogP contribution < -0.4 is 5.73 Å². The lowest BCUT2D eigenvalue weighted by molar-refractivity contribution is 0.991. The summed E-state index contributed by atoms with van der Waals surface area (Å²) in [6.07, 6.45) is 1.89. The molecule has 0 saturated carbocycles. The Labute approximate surface area is 96.1 Å². The van der Waals surface area contributed by atoms with Gasteiger partial charge in [-0.15, -0.1) is 0 Å². The number of nitrogens with zero attached hydrogens (tertiary/aromatic N) is 1. The van der Waals surface area contributed by atoms with Crippen LogP contribution in [0.25, 0.3) is 11.1 Å². The lowest BCUT2D eigenvalue weighted by atomic mass is 10.00. The zero-order valence-electron chi connectivity index (χ0n) is 9.70. The highest BCUT2D eigenvalue weighted by atomic mass is 14.7. The summed E-state index contributed by atoms with van der Waals surface area (Å²) < 4.78 is 0. The maximum atomic E-state index is 5.53. The molecule has 0 aliphatic rings. The highest BCUT2D eigenvalue weighted by Gasteiger charge is 2.02. The van der Waals surface area contributed by atoms with Crippen LogP contribution >= 0.6 is 0 Å². The Balaban J connectivity index is 2.42. The third kappa shape index (κ3) is 2.12. The van der Waals surface area contributed by atoms with E-state index in [1.807, 2.05) is 12.3 Å². The van der Waals surface area contributed by atoms with Crippen molar-refractivity contribution >= 4 is 0 Å². The molecule has 0 unspecified atom stereocenters. The maximum absolute atomic E-state index is 5.53. The van der Waals surface area contributed by atoms with Gasteiger partial charge in [0.25, 0.3) is 0 Å². The zero-order valence-corrected chi connectivity index (χ0v) is 9.70. The van der Waals surface area contributed by atoms with Crippen LogP contribution in [-0.2, 0) is 6.54 Å². The lowest BCUT2D eigenvalue weighted by Crippen LogP contribution is -1.98. The third-order valence-corrected chi connectivity index (χ3v) is 2.73. The second-order valence-corrected chi connectivity index (χ2v) is 4.06. The first-order chi connectivity index (χ1) is 7.70. The van der Waals surface area contributed by atoms with Gasteiger partial charge in [0.05, 0.1) is 5.69 Å². The summed E-state index contributed by atoms with van der Waals surface area (Å²) in [5, 5.41) is 0. The summed E-state index contributed by atoms with van der Waals surface area (Å²) in [5.41, 5.74) is 11.4. The van der Waals surface area contributed by atoms with Crippen LogP contribution in [0.3, 0.4) is 0 Å². The molecule has 0 radical (unpaired) electrons. The molecule has 1 heterocycles. The minimum atomic E-state index is 0.493. The van der Waals surface area contributed by atoms with E-state index in [1.54, 1.807) is 0 Å². The van der Waals surface area contributed by atoms with Crippen molar-refractivity contribution in [3.63, 3.8) is 0 Å². The minimum Gasteiger partial charge on any atom is -0.325 e. The molecule has 2 heteroatoms. The molecule has 0 bridgehead atoms. The number of aromatic nitrogens is 1. The van der Waals surface area contributed by atoms with Crippen molar-refractivity contribution in [3.05, 3.63) is 53.3 Å². The second kappa shape index (κ2) is 4.45. The Bertz CT molecular complexity index is 487. The average molecular weight is 212 g/mol. The molecule has 1 aromatic heterocycles. The molecule has 0 fully saturated rings. The fraction of sp³-hybridized carbons (Fsp3) is 0.214.